The number of halogens is 1. The van der Waals surface area contributed by atoms with Crippen molar-refractivity contribution in [2.75, 3.05) is 17.7 Å². The molecule has 0 unspecified atom stereocenters. The van der Waals surface area contributed by atoms with Gasteiger partial charge in [0.2, 0.25) is 5.91 Å². The molecule has 8 heteroatoms. The van der Waals surface area contributed by atoms with Crippen LogP contribution >= 0.6 is 11.8 Å². The van der Waals surface area contributed by atoms with Crippen molar-refractivity contribution >= 4 is 35.2 Å². The van der Waals surface area contributed by atoms with Gasteiger partial charge < -0.3 is 15.4 Å². The molecule has 35 heavy (non-hydrogen) atoms. The molecular formula is C27H29FN2O4S. The first-order valence-corrected chi connectivity index (χ1v) is 13.1. The molecule has 2 aromatic carbocycles. The minimum absolute atomic E-state index is 0.00111. The molecule has 6 nitrogen and oxygen atoms in total. The number of anilines is 1. The maximum Gasteiger partial charge on any atom is 0.339 e. The second kappa shape index (κ2) is 10.0. The number of hydrogen-bond donors (Lipinski definition) is 2. The van der Waals surface area contributed by atoms with Gasteiger partial charge in [0.1, 0.15) is 5.82 Å². The fraction of sp³-hybridized carbons (Fsp3) is 0.444. The highest BCUT2D eigenvalue weighted by atomic mass is 32.2. The van der Waals surface area contributed by atoms with Crippen LogP contribution in [0.4, 0.5) is 10.1 Å². The lowest BCUT2D eigenvalue weighted by atomic mass is 9.53. The molecule has 0 radical (unpaired) electrons. The van der Waals surface area contributed by atoms with E-state index in [0.717, 1.165) is 37.0 Å². The van der Waals surface area contributed by atoms with E-state index in [4.69, 9.17) is 4.74 Å². The minimum atomic E-state index is -0.635. The fourth-order valence-corrected chi connectivity index (χ4v) is 7.28. The van der Waals surface area contributed by atoms with Crippen LogP contribution in [0.15, 0.2) is 53.4 Å². The number of hydrogen-bond acceptors (Lipinski definition) is 5. The number of esters is 1. The van der Waals surface area contributed by atoms with Crippen LogP contribution in [0.1, 0.15) is 48.9 Å². The van der Waals surface area contributed by atoms with Crippen LogP contribution in [-0.2, 0) is 14.3 Å². The van der Waals surface area contributed by atoms with Gasteiger partial charge in [0.05, 0.1) is 11.3 Å². The van der Waals surface area contributed by atoms with Gasteiger partial charge in [0, 0.05) is 16.1 Å². The van der Waals surface area contributed by atoms with E-state index >= 15 is 0 Å². The van der Waals surface area contributed by atoms with Crippen molar-refractivity contribution in [1.82, 2.24) is 5.32 Å². The average molecular weight is 497 g/mol. The van der Waals surface area contributed by atoms with E-state index in [0.29, 0.717) is 16.1 Å². The third kappa shape index (κ3) is 5.69. The number of ether oxygens (including phenoxy) is 1. The Morgan fingerprint density at radius 1 is 0.914 bits per heavy atom. The normalized spacial score (nSPS) is 26.3. The van der Waals surface area contributed by atoms with Gasteiger partial charge in [-0.2, -0.15) is 0 Å². The second-order valence-electron chi connectivity index (χ2n) is 10.2. The predicted molar refractivity (Wildman–Crippen MR) is 132 cm³/mol. The Bertz CT molecular complexity index is 1090. The smallest absolute Gasteiger partial charge is 0.339 e. The Hall–Kier alpha value is -2.87. The topological polar surface area (TPSA) is 84.5 Å². The van der Waals surface area contributed by atoms with Crippen molar-refractivity contribution in [3.63, 3.8) is 0 Å². The number of rotatable bonds is 8. The highest BCUT2D eigenvalue weighted by Gasteiger charge is 2.51. The summed E-state index contributed by atoms with van der Waals surface area (Å²) in [5.74, 6) is 0.916. The van der Waals surface area contributed by atoms with E-state index < -0.39 is 24.3 Å². The lowest BCUT2D eigenvalue weighted by molar-refractivity contribution is -0.124. The number of thioether (sulfide) groups is 1. The summed E-state index contributed by atoms with van der Waals surface area (Å²) >= 11 is 1.30. The summed E-state index contributed by atoms with van der Waals surface area (Å²) in [5.41, 5.74) is 0.686. The number of carbonyl (C=O) groups is 3. The molecule has 184 valence electrons. The lowest BCUT2D eigenvalue weighted by Crippen LogP contribution is -2.60. The van der Waals surface area contributed by atoms with Gasteiger partial charge in [0.25, 0.3) is 5.91 Å². The van der Waals surface area contributed by atoms with Gasteiger partial charge >= 0.3 is 5.97 Å². The van der Waals surface area contributed by atoms with Crippen LogP contribution in [0.2, 0.25) is 0 Å². The molecule has 0 atom stereocenters. The molecule has 0 heterocycles. The Morgan fingerprint density at radius 3 is 2.20 bits per heavy atom. The third-order valence-electron chi connectivity index (χ3n) is 7.37. The average Bonchev–Trinajstić information content (AvgIpc) is 2.82. The highest BCUT2D eigenvalue weighted by Crippen LogP contribution is 2.55. The predicted octanol–water partition coefficient (Wildman–Crippen LogP) is 4.80. The van der Waals surface area contributed by atoms with Crippen LogP contribution in [0.25, 0.3) is 0 Å². The SMILES string of the molecule is O=C(COC(=O)c1ccccc1SCC(=O)NC12CC3CC(CC(C3)C1)C2)Nc1ccc(F)cc1. The quantitative estimate of drug-likeness (QED) is 0.405. The van der Waals surface area contributed by atoms with E-state index in [9.17, 15) is 18.8 Å². The first kappa shape index (κ1) is 23.9. The number of carbonyl (C=O) groups excluding carboxylic acids is 3. The van der Waals surface area contributed by atoms with Crippen LogP contribution in [0, 0.1) is 23.6 Å². The van der Waals surface area contributed by atoms with Gasteiger partial charge in [-0.3, -0.25) is 9.59 Å². The van der Waals surface area contributed by atoms with Crippen LogP contribution in [-0.4, -0.2) is 35.7 Å². The van der Waals surface area contributed by atoms with Crippen LogP contribution in [0.3, 0.4) is 0 Å². The number of amides is 2. The van der Waals surface area contributed by atoms with E-state index in [1.807, 2.05) is 0 Å². The molecule has 4 bridgehead atoms. The van der Waals surface area contributed by atoms with E-state index in [2.05, 4.69) is 10.6 Å². The van der Waals surface area contributed by atoms with Gasteiger partial charge in [-0.25, -0.2) is 9.18 Å². The zero-order valence-electron chi connectivity index (χ0n) is 19.4. The molecule has 0 aliphatic heterocycles. The molecule has 0 aromatic heterocycles. The first-order valence-electron chi connectivity index (χ1n) is 12.1. The molecule has 0 spiro atoms. The van der Waals surface area contributed by atoms with Crippen molar-refractivity contribution in [2.24, 2.45) is 17.8 Å². The van der Waals surface area contributed by atoms with Crippen molar-refractivity contribution in [1.29, 1.82) is 0 Å². The van der Waals surface area contributed by atoms with E-state index in [1.54, 1.807) is 24.3 Å². The molecule has 2 amide bonds. The van der Waals surface area contributed by atoms with Gasteiger partial charge in [-0.1, -0.05) is 12.1 Å². The highest BCUT2D eigenvalue weighted by molar-refractivity contribution is 8.00. The maximum absolute atomic E-state index is 13.0. The maximum atomic E-state index is 13.0. The standard InChI is InChI=1S/C27H29FN2O4S/c28-20-5-7-21(8-6-20)29-24(31)15-34-26(33)22-3-1-2-4-23(22)35-16-25(32)30-27-12-17-9-18(13-27)11-19(10-17)14-27/h1-8,17-19H,9-16H2,(H,29,31)(H,30,32). The molecule has 4 aliphatic carbocycles. The largest absolute Gasteiger partial charge is 0.452 e. The molecular weight excluding hydrogens is 467 g/mol. The third-order valence-corrected chi connectivity index (χ3v) is 8.44. The fourth-order valence-electron chi connectivity index (χ4n) is 6.44. The zero-order valence-corrected chi connectivity index (χ0v) is 20.2. The van der Waals surface area contributed by atoms with Gasteiger partial charge in [0.15, 0.2) is 6.61 Å². The summed E-state index contributed by atoms with van der Waals surface area (Å²) < 4.78 is 18.2. The van der Waals surface area contributed by atoms with Crippen molar-refractivity contribution in [3.05, 3.63) is 59.9 Å². The molecule has 2 N–H and O–H groups in total. The summed E-state index contributed by atoms with van der Waals surface area (Å²) in [7, 11) is 0. The Kier molecular flexibility index (Phi) is 6.82. The van der Waals surface area contributed by atoms with Crippen LogP contribution < -0.4 is 10.6 Å². The summed E-state index contributed by atoms with van der Waals surface area (Å²) in [6.07, 6.45) is 7.25. The summed E-state index contributed by atoms with van der Waals surface area (Å²) in [5, 5.41) is 5.91. The van der Waals surface area contributed by atoms with Gasteiger partial charge in [-0.05, 0) is 92.7 Å². The summed E-state index contributed by atoms with van der Waals surface area (Å²) in [6.45, 7) is -0.471. The van der Waals surface area contributed by atoms with Gasteiger partial charge in [-0.15, -0.1) is 11.8 Å². The molecule has 4 fully saturated rings. The second-order valence-corrected chi connectivity index (χ2v) is 11.2. The minimum Gasteiger partial charge on any atom is -0.452 e. The van der Waals surface area contributed by atoms with Crippen molar-refractivity contribution < 1.29 is 23.5 Å². The zero-order chi connectivity index (χ0) is 24.4. The molecule has 4 saturated carbocycles. The summed E-state index contributed by atoms with van der Waals surface area (Å²) in [4.78, 5) is 38.2. The van der Waals surface area contributed by atoms with E-state index in [1.165, 1.54) is 55.3 Å². The van der Waals surface area contributed by atoms with Crippen molar-refractivity contribution in [2.45, 2.75) is 49.0 Å². The Labute approximate surface area is 208 Å². The number of nitrogens with one attached hydrogen (secondary N) is 2. The first-order chi connectivity index (χ1) is 16.9. The summed E-state index contributed by atoms with van der Waals surface area (Å²) in [6, 6.07) is 12.2. The molecule has 4 aliphatic rings. The molecule has 2 aromatic rings. The Balaban J connectivity index is 1.13. The molecule has 0 saturated heterocycles. The lowest BCUT2D eigenvalue weighted by Gasteiger charge is -2.56. The number of benzene rings is 2. The van der Waals surface area contributed by atoms with Crippen molar-refractivity contribution in [3.8, 4) is 0 Å². The molecule has 6 rings (SSSR count). The van der Waals surface area contributed by atoms with E-state index in [-0.39, 0.29) is 17.2 Å². The van der Waals surface area contributed by atoms with Crippen LogP contribution in [0.5, 0.6) is 0 Å². The monoisotopic (exact) mass is 496 g/mol. The Morgan fingerprint density at radius 2 is 1.54 bits per heavy atom.